The molecule has 0 fully saturated rings. The number of fused-ring (bicyclic) bond motifs is 1. The summed E-state index contributed by atoms with van der Waals surface area (Å²) in [5.41, 5.74) is 6.14. The Balaban J connectivity index is 1.52. The Hall–Kier alpha value is -3.19. The van der Waals surface area contributed by atoms with Gasteiger partial charge in [0.2, 0.25) is 5.88 Å². The minimum atomic E-state index is -0.383. The van der Waals surface area contributed by atoms with Crippen LogP contribution in [0.4, 0.5) is 5.82 Å². The zero-order valence-corrected chi connectivity index (χ0v) is 25.3. The minimum Gasteiger partial charge on any atom is -0.477 e. The largest absolute Gasteiger partial charge is 0.477 e. The number of nitrogens with zero attached hydrogens (tertiary/aromatic N) is 3. The van der Waals surface area contributed by atoms with E-state index in [-0.39, 0.29) is 29.1 Å². The van der Waals surface area contributed by atoms with Crippen molar-refractivity contribution >= 4 is 11.6 Å². The monoisotopic (exact) mass is 546 g/mol. The van der Waals surface area contributed by atoms with E-state index in [0.29, 0.717) is 31.7 Å². The van der Waals surface area contributed by atoms with Crippen LogP contribution in [-0.2, 0) is 41.9 Å². The molecule has 4 rings (SSSR count). The van der Waals surface area contributed by atoms with Crippen molar-refractivity contribution < 1.29 is 14.6 Å². The second-order valence-electron chi connectivity index (χ2n) is 13.0. The van der Waals surface area contributed by atoms with E-state index in [9.17, 15) is 9.90 Å². The van der Waals surface area contributed by atoms with Crippen LogP contribution in [0, 0.1) is 0 Å². The fourth-order valence-electron chi connectivity index (χ4n) is 5.22. The van der Waals surface area contributed by atoms with Crippen LogP contribution in [0.5, 0.6) is 5.88 Å². The highest BCUT2D eigenvalue weighted by Crippen LogP contribution is 2.35. The van der Waals surface area contributed by atoms with E-state index in [4.69, 9.17) is 14.8 Å². The SMILES string of the molecule is CC(=O)CC(Cc1cc(OCCc2ccc3c(n2)NCCC3)n(C)n1)c1cc(C(C)(C)C)cc(C(C)(C)CO)c1. The average Bonchev–Trinajstić information content (AvgIpc) is 3.25. The van der Waals surface area contributed by atoms with E-state index in [1.165, 1.54) is 11.1 Å². The third-order valence-corrected chi connectivity index (χ3v) is 7.91. The van der Waals surface area contributed by atoms with Crippen LogP contribution in [-0.4, -0.2) is 45.4 Å². The number of pyridine rings is 1. The topological polar surface area (TPSA) is 89.3 Å². The van der Waals surface area contributed by atoms with Crippen LogP contribution in [0.3, 0.4) is 0 Å². The van der Waals surface area contributed by atoms with Crippen molar-refractivity contribution in [1.82, 2.24) is 14.8 Å². The van der Waals surface area contributed by atoms with Crippen LogP contribution >= 0.6 is 0 Å². The second-order valence-corrected chi connectivity index (χ2v) is 13.0. The number of hydrogen-bond acceptors (Lipinski definition) is 6. The second kappa shape index (κ2) is 12.1. The van der Waals surface area contributed by atoms with E-state index in [1.807, 2.05) is 13.1 Å². The van der Waals surface area contributed by atoms with Crippen molar-refractivity contribution in [3.63, 3.8) is 0 Å². The Morgan fingerprint density at radius 1 is 1.10 bits per heavy atom. The Bertz CT molecular complexity index is 1340. The summed E-state index contributed by atoms with van der Waals surface area (Å²) in [6, 6.07) is 12.8. The lowest BCUT2D eigenvalue weighted by Gasteiger charge is -2.29. The number of rotatable bonds is 11. The van der Waals surface area contributed by atoms with Crippen LogP contribution in [0.1, 0.15) is 93.9 Å². The number of aliphatic hydroxyl groups is 1. The highest BCUT2D eigenvalue weighted by Gasteiger charge is 2.26. The molecule has 1 aliphatic rings. The Kier molecular flexibility index (Phi) is 9.03. The van der Waals surface area contributed by atoms with Crippen LogP contribution in [0.2, 0.25) is 0 Å². The minimum absolute atomic E-state index is 0.0250. The van der Waals surface area contributed by atoms with Gasteiger partial charge in [0.15, 0.2) is 0 Å². The number of aryl methyl sites for hydroxylation is 2. The predicted molar refractivity (Wildman–Crippen MR) is 160 cm³/mol. The maximum atomic E-state index is 12.4. The first kappa shape index (κ1) is 29.8. The predicted octanol–water partition coefficient (Wildman–Crippen LogP) is 5.67. The number of carbonyl (C=O) groups is 1. The average molecular weight is 547 g/mol. The number of benzene rings is 1. The van der Waals surface area contributed by atoms with E-state index in [2.05, 4.69) is 70.3 Å². The van der Waals surface area contributed by atoms with Crippen molar-refractivity contribution in [2.75, 3.05) is 25.1 Å². The lowest BCUT2D eigenvalue weighted by atomic mass is 9.76. The highest BCUT2D eigenvalue weighted by molar-refractivity contribution is 5.76. The molecule has 3 aromatic rings. The molecule has 0 aliphatic carbocycles. The van der Waals surface area contributed by atoms with Crippen molar-refractivity contribution in [2.24, 2.45) is 7.05 Å². The molecule has 1 aliphatic heterocycles. The summed E-state index contributed by atoms with van der Waals surface area (Å²) in [6.07, 6.45) is 4.00. The lowest BCUT2D eigenvalue weighted by molar-refractivity contribution is -0.117. The molecule has 0 amide bonds. The highest BCUT2D eigenvalue weighted by atomic mass is 16.5. The van der Waals surface area contributed by atoms with Gasteiger partial charge in [-0.2, -0.15) is 5.10 Å². The molecule has 216 valence electrons. The molecule has 2 aromatic heterocycles. The Morgan fingerprint density at radius 3 is 2.55 bits per heavy atom. The van der Waals surface area contributed by atoms with E-state index in [0.717, 1.165) is 47.7 Å². The van der Waals surface area contributed by atoms with Gasteiger partial charge in [-0.05, 0) is 65.8 Å². The van der Waals surface area contributed by atoms with Gasteiger partial charge in [-0.3, -0.25) is 0 Å². The van der Waals surface area contributed by atoms with Gasteiger partial charge in [-0.1, -0.05) is 58.9 Å². The van der Waals surface area contributed by atoms with Gasteiger partial charge in [0, 0.05) is 43.6 Å². The lowest BCUT2D eigenvalue weighted by Crippen LogP contribution is -2.24. The molecule has 0 saturated carbocycles. The summed E-state index contributed by atoms with van der Waals surface area (Å²) in [7, 11) is 1.89. The van der Waals surface area contributed by atoms with E-state index >= 15 is 0 Å². The summed E-state index contributed by atoms with van der Waals surface area (Å²) >= 11 is 0. The zero-order chi connectivity index (χ0) is 29.1. The van der Waals surface area contributed by atoms with Crippen molar-refractivity contribution in [2.45, 2.75) is 90.4 Å². The molecule has 0 radical (unpaired) electrons. The first-order chi connectivity index (χ1) is 18.9. The van der Waals surface area contributed by atoms with E-state index < -0.39 is 0 Å². The van der Waals surface area contributed by atoms with Crippen molar-refractivity contribution in [3.8, 4) is 5.88 Å². The van der Waals surface area contributed by atoms with Gasteiger partial charge in [0.1, 0.15) is 11.6 Å². The summed E-state index contributed by atoms with van der Waals surface area (Å²) in [5.74, 6) is 1.83. The number of aliphatic hydroxyl groups excluding tert-OH is 1. The maximum absolute atomic E-state index is 12.4. The summed E-state index contributed by atoms with van der Waals surface area (Å²) < 4.78 is 7.89. The quantitative estimate of drug-likeness (QED) is 0.322. The van der Waals surface area contributed by atoms with Gasteiger partial charge in [0.25, 0.3) is 0 Å². The molecule has 1 atom stereocenters. The molecule has 1 aromatic carbocycles. The molecule has 0 bridgehead atoms. The number of carbonyl (C=O) groups excluding carboxylic acids is 1. The number of aromatic nitrogens is 3. The van der Waals surface area contributed by atoms with Gasteiger partial charge in [-0.15, -0.1) is 0 Å². The van der Waals surface area contributed by atoms with Gasteiger partial charge in [0.05, 0.1) is 18.9 Å². The summed E-state index contributed by atoms with van der Waals surface area (Å²) in [6.45, 7) is 13.9. The Labute approximate surface area is 239 Å². The van der Waals surface area contributed by atoms with Gasteiger partial charge >= 0.3 is 0 Å². The van der Waals surface area contributed by atoms with Crippen molar-refractivity contribution in [3.05, 3.63) is 70.0 Å². The number of Topliss-reactive ketones (excluding diaryl/α,β-unsaturated/α-hetero) is 1. The first-order valence-corrected chi connectivity index (χ1v) is 14.5. The number of ketones is 1. The van der Waals surface area contributed by atoms with Crippen LogP contribution in [0.25, 0.3) is 0 Å². The maximum Gasteiger partial charge on any atom is 0.211 e. The smallest absolute Gasteiger partial charge is 0.211 e. The third-order valence-electron chi connectivity index (χ3n) is 7.91. The standard InChI is InChI=1S/C33H46N4O3/c1-22(39)15-24(25-16-26(32(2,3)4)19-27(17-25)33(5,6)21-38)18-29-20-30(37(7)36-29)40-14-12-28-11-10-23-9-8-13-34-31(23)35-28/h10-11,16-17,19-20,24,38H,8-9,12-15,18,21H2,1-7H3,(H,34,35). The first-order valence-electron chi connectivity index (χ1n) is 14.5. The molecule has 3 heterocycles. The molecule has 7 nitrogen and oxygen atoms in total. The molecular weight excluding hydrogens is 500 g/mol. The van der Waals surface area contributed by atoms with Crippen LogP contribution < -0.4 is 10.1 Å². The molecule has 2 N–H and O–H groups in total. The molecular formula is C33H46N4O3. The third kappa shape index (κ3) is 7.30. The summed E-state index contributed by atoms with van der Waals surface area (Å²) in [5, 5.41) is 18.2. The van der Waals surface area contributed by atoms with Gasteiger partial charge in [-0.25, -0.2) is 9.67 Å². The number of anilines is 1. The molecule has 0 saturated heterocycles. The molecule has 1 unspecified atom stereocenters. The number of ether oxygens (including phenoxy) is 1. The van der Waals surface area contributed by atoms with Gasteiger partial charge < -0.3 is 20.0 Å². The number of hydrogen-bond donors (Lipinski definition) is 2. The normalized spacial score (nSPS) is 14.4. The van der Waals surface area contributed by atoms with Crippen LogP contribution in [0.15, 0.2) is 36.4 Å². The number of nitrogens with one attached hydrogen (secondary N) is 1. The molecule has 0 spiro atoms. The Morgan fingerprint density at radius 2 is 1.85 bits per heavy atom. The zero-order valence-electron chi connectivity index (χ0n) is 25.3. The fourth-order valence-corrected chi connectivity index (χ4v) is 5.22. The molecule has 7 heteroatoms. The summed E-state index contributed by atoms with van der Waals surface area (Å²) in [4.78, 5) is 17.1. The van der Waals surface area contributed by atoms with E-state index in [1.54, 1.807) is 11.6 Å². The fraction of sp³-hybridized carbons (Fsp3) is 0.545. The van der Waals surface area contributed by atoms with Crippen molar-refractivity contribution in [1.29, 1.82) is 0 Å². The molecule has 40 heavy (non-hydrogen) atoms.